The zero-order valence-electron chi connectivity index (χ0n) is 12.1. The van der Waals surface area contributed by atoms with Gasteiger partial charge in [0.25, 0.3) is 0 Å². The highest BCUT2D eigenvalue weighted by Gasteiger charge is 2.07. The molecule has 106 valence electrons. The van der Waals surface area contributed by atoms with Crippen molar-refractivity contribution in [3.63, 3.8) is 0 Å². The molecule has 0 atom stereocenters. The molecular weight excluding hydrogens is 330 g/mol. The SMILES string of the molecule is CNCC(=Cc1ccc(-c2ccccc2Br)s1)C(C)C. The van der Waals surface area contributed by atoms with Gasteiger partial charge in [0, 0.05) is 26.3 Å². The van der Waals surface area contributed by atoms with Crippen molar-refractivity contribution in [3.05, 3.63) is 51.3 Å². The summed E-state index contributed by atoms with van der Waals surface area (Å²) >= 11 is 5.46. The van der Waals surface area contributed by atoms with Crippen molar-refractivity contribution in [2.24, 2.45) is 5.92 Å². The molecule has 0 radical (unpaired) electrons. The van der Waals surface area contributed by atoms with Crippen LogP contribution in [-0.4, -0.2) is 13.6 Å². The molecule has 0 saturated carbocycles. The van der Waals surface area contributed by atoms with Crippen molar-refractivity contribution in [1.29, 1.82) is 0 Å². The molecule has 0 aliphatic carbocycles. The topological polar surface area (TPSA) is 12.0 Å². The molecular formula is C17H20BrNS. The third kappa shape index (κ3) is 3.81. The summed E-state index contributed by atoms with van der Waals surface area (Å²) in [5.74, 6) is 0.566. The average Bonchev–Trinajstić information content (AvgIpc) is 2.87. The number of hydrogen-bond donors (Lipinski definition) is 1. The van der Waals surface area contributed by atoms with E-state index in [1.807, 2.05) is 24.5 Å². The Kier molecular flexibility index (Phi) is 5.58. The maximum atomic E-state index is 3.62. The summed E-state index contributed by atoms with van der Waals surface area (Å²) in [7, 11) is 2.00. The van der Waals surface area contributed by atoms with E-state index in [0.717, 1.165) is 11.0 Å². The molecule has 1 heterocycles. The van der Waals surface area contributed by atoms with Gasteiger partial charge in [-0.05, 0) is 37.2 Å². The minimum atomic E-state index is 0.566. The van der Waals surface area contributed by atoms with E-state index in [1.54, 1.807) is 0 Å². The minimum absolute atomic E-state index is 0.566. The second-order valence-electron chi connectivity index (χ2n) is 5.09. The normalized spacial score (nSPS) is 12.2. The van der Waals surface area contributed by atoms with Gasteiger partial charge in [0.1, 0.15) is 0 Å². The molecule has 0 aliphatic heterocycles. The predicted octanol–water partition coefficient (Wildman–Crippen LogP) is 5.44. The van der Waals surface area contributed by atoms with Crippen LogP contribution in [0.25, 0.3) is 16.5 Å². The first-order valence-corrected chi connectivity index (χ1v) is 8.42. The highest BCUT2D eigenvalue weighted by Crippen LogP contribution is 2.34. The highest BCUT2D eigenvalue weighted by molar-refractivity contribution is 9.10. The van der Waals surface area contributed by atoms with Crippen LogP contribution in [0.4, 0.5) is 0 Å². The van der Waals surface area contributed by atoms with Gasteiger partial charge in [0.2, 0.25) is 0 Å². The van der Waals surface area contributed by atoms with Crippen molar-refractivity contribution in [3.8, 4) is 10.4 Å². The van der Waals surface area contributed by atoms with Crippen LogP contribution in [0.2, 0.25) is 0 Å². The first-order valence-electron chi connectivity index (χ1n) is 6.81. The molecule has 1 aromatic carbocycles. The smallest absolute Gasteiger partial charge is 0.0360 e. The Morgan fingerprint density at radius 3 is 2.65 bits per heavy atom. The van der Waals surface area contributed by atoms with Gasteiger partial charge >= 0.3 is 0 Å². The molecule has 0 saturated heterocycles. The van der Waals surface area contributed by atoms with Crippen molar-refractivity contribution >= 4 is 33.3 Å². The maximum Gasteiger partial charge on any atom is 0.0360 e. The van der Waals surface area contributed by atoms with Gasteiger partial charge in [0.15, 0.2) is 0 Å². The van der Waals surface area contributed by atoms with Crippen molar-refractivity contribution in [1.82, 2.24) is 5.32 Å². The molecule has 20 heavy (non-hydrogen) atoms. The summed E-state index contributed by atoms with van der Waals surface area (Å²) in [5, 5.41) is 3.25. The molecule has 0 amide bonds. The average molecular weight is 350 g/mol. The fourth-order valence-electron chi connectivity index (χ4n) is 2.04. The number of thiophene rings is 1. The molecule has 1 N–H and O–H groups in total. The summed E-state index contributed by atoms with van der Waals surface area (Å²) in [5.41, 5.74) is 2.70. The molecule has 0 spiro atoms. The number of benzene rings is 1. The third-order valence-electron chi connectivity index (χ3n) is 3.22. The lowest BCUT2D eigenvalue weighted by Gasteiger charge is -2.10. The predicted molar refractivity (Wildman–Crippen MR) is 94.2 cm³/mol. The summed E-state index contributed by atoms with van der Waals surface area (Å²) in [6, 6.07) is 12.8. The van der Waals surface area contributed by atoms with E-state index in [2.05, 4.69) is 71.5 Å². The largest absolute Gasteiger partial charge is 0.316 e. The lowest BCUT2D eigenvalue weighted by molar-refractivity contribution is 0.713. The van der Waals surface area contributed by atoms with Crippen LogP contribution in [0.5, 0.6) is 0 Å². The number of halogens is 1. The van der Waals surface area contributed by atoms with Crippen LogP contribution >= 0.6 is 27.3 Å². The Morgan fingerprint density at radius 2 is 2.00 bits per heavy atom. The van der Waals surface area contributed by atoms with Crippen molar-refractivity contribution < 1.29 is 0 Å². The molecule has 0 aliphatic rings. The van der Waals surface area contributed by atoms with Gasteiger partial charge in [0.05, 0.1) is 0 Å². The fraction of sp³-hybridized carbons (Fsp3) is 0.294. The summed E-state index contributed by atoms with van der Waals surface area (Å²) < 4.78 is 1.15. The lowest BCUT2D eigenvalue weighted by Crippen LogP contribution is -2.13. The van der Waals surface area contributed by atoms with Gasteiger partial charge in [-0.15, -0.1) is 11.3 Å². The second-order valence-corrected chi connectivity index (χ2v) is 7.06. The van der Waals surface area contributed by atoms with Crippen molar-refractivity contribution in [2.75, 3.05) is 13.6 Å². The first kappa shape index (κ1) is 15.5. The Labute approximate surface area is 133 Å². The highest BCUT2D eigenvalue weighted by atomic mass is 79.9. The molecule has 3 heteroatoms. The van der Waals surface area contributed by atoms with Crippen LogP contribution < -0.4 is 5.32 Å². The maximum absolute atomic E-state index is 3.62. The standard InChI is InChI=1S/C17H20BrNS/c1-12(2)13(11-19-3)10-14-8-9-17(20-14)15-6-4-5-7-16(15)18/h4-10,12,19H,11H2,1-3H3. The quantitative estimate of drug-likeness (QED) is 0.757. The van der Waals surface area contributed by atoms with E-state index in [4.69, 9.17) is 0 Å². The molecule has 0 bridgehead atoms. The lowest BCUT2D eigenvalue weighted by atomic mass is 10.0. The Morgan fingerprint density at radius 1 is 1.25 bits per heavy atom. The van der Waals surface area contributed by atoms with E-state index in [1.165, 1.54) is 20.9 Å². The van der Waals surface area contributed by atoms with E-state index >= 15 is 0 Å². The summed E-state index contributed by atoms with van der Waals surface area (Å²) in [4.78, 5) is 2.62. The van der Waals surface area contributed by atoms with Gasteiger partial charge in [-0.1, -0.05) is 53.5 Å². The van der Waals surface area contributed by atoms with E-state index < -0.39 is 0 Å². The molecule has 1 aromatic heterocycles. The zero-order valence-corrected chi connectivity index (χ0v) is 14.5. The number of hydrogen-bond acceptors (Lipinski definition) is 2. The number of likely N-dealkylation sites (N-methyl/N-ethyl adjacent to an activating group) is 1. The van der Waals surface area contributed by atoms with Gasteiger partial charge in [-0.25, -0.2) is 0 Å². The summed E-state index contributed by atoms with van der Waals surface area (Å²) in [6.45, 7) is 5.43. The van der Waals surface area contributed by atoms with E-state index in [9.17, 15) is 0 Å². The monoisotopic (exact) mass is 349 g/mol. The number of rotatable bonds is 5. The molecule has 0 unspecified atom stereocenters. The Balaban J connectivity index is 2.29. The van der Waals surface area contributed by atoms with Gasteiger partial charge < -0.3 is 5.32 Å². The Bertz CT molecular complexity index is 599. The Hall–Kier alpha value is -0.900. The van der Waals surface area contributed by atoms with E-state index in [-0.39, 0.29) is 0 Å². The molecule has 0 fully saturated rings. The van der Waals surface area contributed by atoms with Crippen LogP contribution in [-0.2, 0) is 0 Å². The van der Waals surface area contributed by atoms with Crippen LogP contribution in [0.1, 0.15) is 18.7 Å². The van der Waals surface area contributed by atoms with Crippen LogP contribution in [0, 0.1) is 5.92 Å². The van der Waals surface area contributed by atoms with Gasteiger partial charge in [-0.2, -0.15) is 0 Å². The third-order valence-corrected chi connectivity index (χ3v) is 4.97. The summed E-state index contributed by atoms with van der Waals surface area (Å²) in [6.07, 6.45) is 2.31. The van der Waals surface area contributed by atoms with E-state index in [0.29, 0.717) is 5.92 Å². The van der Waals surface area contributed by atoms with Crippen molar-refractivity contribution in [2.45, 2.75) is 13.8 Å². The second kappa shape index (κ2) is 7.21. The molecule has 1 nitrogen and oxygen atoms in total. The number of nitrogens with one attached hydrogen (secondary N) is 1. The first-order chi connectivity index (χ1) is 9.61. The molecule has 2 rings (SSSR count). The fourth-order valence-corrected chi connectivity index (χ4v) is 3.70. The minimum Gasteiger partial charge on any atom is -0.316 e. The molecule has 2 aromatic rings. The van der Waals surface area contributed by atoms with Gasteiger partial charge in [-0.3, -0.25) is 0 Å². The zero-order chi connectivity index (χ0) is 14.5. The van der Waals surface area contributed by atoms with Crippen LogP contribution in [0.3, 0.4) is 0 Å². The van der Waals surface area contributed by atoms with Crippen LogP contribution in [0.15, 0.2) is 46.4 Å².